The summed E-state index contributed by atoms with van der Waals surface area (Å²) in [5.74, 6) is -15.9. The third-order valence-electron chi connectivity index (χ3n) is 3.49. The molecule has 0 unspecified atom stereocenters. The summed E-state index contributed by atoms with van der Waals surface area (Å²) in [5.41, 5.74) is -1.34. The molecule has 0 radical (unpaired) electrons. The number of halogens is 6. The van der Waals surface area contributed by atoms with Gasteiger partial charge in [0.15, 0.2) is 23.1 Å². The van der Waals surface area contributed by atoms with Gasteiger partial charge < -0.3 is 14.6 Å². The Morgan fingerprint density at radius 3 is 1.81 bits per heavy atom. The summed E-state index contributed by atoms with van der Waals surface area (Å²) in [6.07, 6.45) is 1.19. The van der Waals surface area contributed by atoms with Gasteiger partial charge in [-0.2, -0.15) is 17.6 Å². The molecule has 2 rings (SSSR count). The largest absolute Gasteiger partial charge is 0.504 e. The Hall–Kier alpha value is -2.84. The molecule has 2 aromatic rings. The molecule has 0 aliphatic rings. The van der Waals surface area contributed by atoms with Gasteiger partial charge in [0, 0.05) is 11.1 Å². The average Bonchev–Trinajstić information content (AvgIpc) is 2.62. The molecule has 0 heterocycles. The van der Waals surface area contributed by atoms with Crippen molar-refractivity contribution < 1.29 is 40.9 Å². The minimum absolute atomic E-state index is 0.287. The standard InChI is InChI=1S/C17H12F6O3/c1-4-5-25-15-7(3)9(19)11(21)17(13(15)23)26-16-10(20)8(18)6(2)14(24)12(16)22/h4,24H,1,5H2,2-3H3. The zero-order valence-corrected chi connectivity index (χ0v) is 13.5. The van der Waals surface area contributed by atoms with Gasteiger partial charge in [-0.05, 0) is 13.8 Å². The lowest BCUT2D eigenvalue weighted by Crippen LogP contribution is -2.07. The van der Waals surface area contributed by atoms with E-state index in [1.54, 1.807) is 0 Å². The molecule has 140 valence electrons. The van der Waals surface area contributed by atoms with Gasteiger partial charge in [0.05, 0.1) is 0 Å². The van der Waals surface area contributed by atoms with Crippen molar-refractivity contribution in [3.63, 3.8) is 0 Å². The fourth-order valence-corrected chi connectivity index (χ4v) is 2.06. The lowest BCUT2D eigenvalue weighted by Gasteiger charge is -2.16. The van der Waals surface area contributed by atoms with Crippen molar-refractivity contribution in [2.75, 3.05) is 6.61 Å². The quantitative estimate of drug-likeness (QED) is 0.442. The number of phenolic OH excluding ortho intramolecular Hbond substituents is 1. The van der Waals surface area contributed by atoms with Crippen molar-refractivity contribution in [3.8, 4) is 23.0 Å². The van der Waals surface area contributed by atoms with Crippen LogP contribution in [0.1, 0.15) is 11.1 Å². The summed E-state index contributed by atoms with van der Waals surface area (Å²) in [7, 11) is 0. The smallest absolute Gasteiger partial charge is 0.211 e. The first kappa shape index (κ1) is 19.5. The Bertz CT molecular complexity index is 866. The summed E-state index contributed by atoms with van der Waals surface area (Å²) in [6, 6.07) is 0. The molecule has 0 aliphatic carbocycles. The SMILES string of the molecule is C=CCOc1c(C)c(F)c(F)c(Oc2c(F)c(O)c(C)c(F)c2F)c1F. The summed E-state index contributed by atoms with van der Waals surface area (Å²) in [6.45, 7) is 4.89. The zero-order chi connectivity index (χ0) is 19.8. The normalized spacial score (nSPS) is 10.8. The highest BCUT2D eigenvalue weighted by Crippen LogP contribution is 2.42. The Balaban J connectivity index is 2.68. The average molecular weight is 378 g/mol. The van der Waals surface area contributed by atoms with E-state index in [0.717, 1.165) is 13.8 Å². The minimum atomic E-state index is -1.95. The maximum absolute atomic E-state index is 14.4. The third kappa shape index (κ3) is 3.04. The molecule has 0 saturated carbocycles. The van der Waals surface area contributed by atoms with Crippen molar-refractivity contribution in [1.29, 1.82) is 0 Å². The first-order valence-electron chi connectivity index (χ1n) is 7.08. The lowest BCUT2D eigenvalue weighted by atomic mass is 10.1. The first-order chi connectivity index (χ1) is 12.1. The van der Waals surface area contributed by atoms with Crippen LogP contribution in [0, 0.1) is 48.8 Å². The molecule has 0 spiro atoms. The second-order valence-electron chi connectivity index (χ2n) is 5.17. The van der Waals surface area contributed by atoms with Gasteiger partial charge in [-0.15, -0.1) is 0 Å². The van der Waals surface area contributed by atoms with Crippen molar-refractivity contribution in [2.24, 2.45) is 0 Å². The maximum atomic E-state index is 14.4. The minimum Gasteiger partial charge on any atom is -0.504 e. The molecule has 0 atom stereocenters. The predicted molar refractivity (Wildman–Crippen MR) is 79.5 cm³/mol. The molecule has 0 aliphatic heterocycles. The lowest BCUT2D eigenvalue weighted by molar-refractivity contribution is 0.300. The zero-order valence-electron chi connectivity index (χ0n) is 13.5. The van der Waals surface area contributed by atoms with Gasteiger partial charge in [-0.1, -0.05) is 12.7 Å². The van der Waals surface area contributed by atoms with E-state index in [0.29, 0.717) is 0 Å². The van der Waals surface area contributed by atoms with Crippen molar-refractivity contribution >= 4 is 0 Å². The fourth-order valence-electron chi connectivity index (χ4n) is 2.06. The van der Waals surface area contributed by atoms with Crippen LogP contribution < -0.4 is 9.47 Å². The molecular formula is C17H12F6O3. The maximum Gasteiger partial charge on any atom is 0.211 e. The van der Waals surface area contributed by atoms with Gasteiger partial charge in [0.1, 0.15) is 6.61 Å². The Morgan fingerprint density at radius 1 is 0.769 bits per heavy atom. The van der Waals surface area contributed by atoms with E-state index in [4.69, 9.17) is 4.74 Å². The molecule has 3 nitrogen and oxygen atoms in total. The van der Waals surface area contributed by atoms with Crippen LogP contribution in [0.5, 0.6) is 23.0 Å². The van der Waals surface area contributed by atoms with Gasteiger partial charge >= 0.3 is 0 Å². The fraction of sp³-hybridized carbons (Fsp3) is 0.176. The van der Waals surface area contributed by atoms with E-state index >= 15 is 0 Å². The molecule has 26 heavy (non-hydrogen) atoms. The summed E-state index contributed by atoms with van der Waals surface area (Å²) < 4.78 is 93.2. The molecule has 1 N–H and O–H groups in total. The Kier molecular flexibility index (Phi) is 5.38. The van der Waals surface area contributed by atoms with E-state index in [1.165, 1.54) is 6.08 Å². The van der Waals surface area contributed by atoms with Crippen LogP contribution in [0.4, 0.5) is 26.3 Å². The van der Waals surface area contributed by atoms with Gasteiger partial charge in [-0.3, -0.25) is 0 Å². The number of phenols is 1. The monoisotopic (exact) mass is 378 g/mol. The molecule has 0 bridgehead atoms. The molecular weight excluding hydrogens is 366 g/mol. The van der Waals surface area contributed by atoms with Crippen LogP contribution in [-0.2, 0) is 0 Å². The highest BCUT2D eigenvalue weighted by Gasteiger charge is 2.30. The Labute approximate surface area is 144 Å². The molecule has 0 fully saturated rings. The highest BCUT2D eigenvalue weighted by atomic mass is 19.2. The number of rotatable bonds is 5. The van der Waals surface area contributed by atoms with Crippen LogP contribution >= 0.6 is 0 Å². The number of hydrogen-bond donors (Lipinski definition) is 1. The second kappa shape index (κ2) is 7.19. The number of ether oxygens (including phenoxy) is 2. The van der Waals surface area contributed by atoms with E-state index in [2.05, 4.69) is 11.3 Å². The van der Waals surface area contributed by atoms with E-state index in [1.807, 2.05) is 0 Å². The predicted octanol–water partition coefficient (Wildman–Crippen LogP) is 5.20. The molecule has 0 aromatic heterocycles. The molecule has 2 aromatic carbocycles. The van der Waals surface area contributed by atoms with Crippen LogP contribution in [0.2, 0.25) is 0 Å². The van der Waals surface area contributed by atoms with Gasteiger partial charge in [0.2, 0.25) is 34.8 Å². The van der Waals surface area contributed by atoms with Crippen LogP contribution in [-0.4, -0.2) is 11.7 Å². The molecule has 0 amide bonds. The third-order valence-corrected chi connectivity index (χ3v) is 3.49. The van der Waals surface area contributed by atoms with Crippen molar-refractivity contribution in [3.05, 3.63) is 58.7 Å². The van der Waals surface area contributed by atoms with E-state index < -0.39 is 69.0 Å². The molecule has 0 saturated heterocycles. The molecule has 9 heteroatoms. The number of benzene rings is 2. The second-order valence-corrected chi connectivity index (χ2v) is 5.17. The highest BCUT2D eigenvalue weighted by molar-refractivity contribution is 5.49. The Morgan fingerprint density at radius 2 is 1.27 bits per heavy atom. The number of aromatic hydroxyl groups is 1. The summed E-state index contributed by atoms with van der Waals surface area (Å²) >= 11 is 0. The van der Waals surface area contributed by atoms with Crippen LogP contribution in [0.3, 0.4) is 0 Å². The summed E-state index contributed by atoms with van der Waals surface area (Å²) in [5, 5.41) is 9.42. The van der Waals surface area contributed by atoms with Crippen molar-refractivity contribution in [1.82, 2.24) is 0 Å². The number of hydrogen-bond acceptors (Lipinski definition) is 3. The van der Waals surface area contributed by atoms with Crippen LogP contribution in [0.25, 0.3) is 0 Å². The van der Waals surface area contributed by atoms with Crippen molar-refractivity contribution in [2.45, 2.75) is 13.8 Å². The summed E-state index contributed by atoms with van der Waals surface area (Å²) in [4.78, 5) is 0. The van der Waals surface area contributed by atoms with E-state index in [9.17, 15) is 31.4 Å². The van der Waals surface area contributed by atoms with Gasteiger partial charge in [0.25, 0.3) is 0 Å². The topological polar surface area (TPSA) is 38.7 Å². The van der Waals surface area contributed by atoms with Crippen LogP contribution in [0.15, 0.2) is 12.7 Å². The van der Waals surface area contributed by atoms with Gasteiger partial charge in [-0.25, -0.2) is 8.78 Å². The first-order valence-corrected chi connectivity index (χ1v) is 7.08. The van der Waals surface area contributed by atoms with E-state index in [-0.39, 0.29) is 6.61 Å².